The number of halogens is 2. The van der Waals surface area contributed by atoms with Crippen molar-refractivity contribution in [2.45, 2.75) is 35.9 Å². The summed E-state index contributed by atoms with van der Waals surface area (Å²) in [6, 6.07) is 18.7. The number of hydrogen-bond donors (Lipinski definition) is 1. The second-order valence-electron chi connectivity index (χ2n) is 9.21. The number of ketones is 1. The number of carbonyl (C=O) groups is 2. The SMILES string of the molecule is CCCCOc1ccc(/C(O)=C2\C(=O)C(=O)N(c3nnc(SCc4ccc(F)cc4)s3)C2c2ccc(Cl)cc2)cc1. The van der Waals surface area contributed by atoms with Crippen molar-refractivity contribution in [1.29, 1.82) is 0 Å². The average molecular weight is 610 g/mol. The summed E-state index contributed by atoms with van der Waals surface area (Å²) in [6.07, 6.45) is 1.93. The molecule has 3 aromatic carbocycles. The fourth-order valence-electron chi connectivity index (χ4n) is 4.27. The Labute approximate surface area is 249 Å². The molecule has 0 radical (unpaired) electrons. The Balaban J connectivity index is 1.47. The van der Waals surface area contributed by atoms with Crippen LogP contribution >= 0.6 is 34.7 Å². The zero-order chi connectivity index (χ0) is 28.9. The fourth-order valence-corrected chi connectivity index (χ4v) is 6.22. The van der Waals surface area contributed by atoms with E-state index in [0.29, 0.717) is 38.6 Å². The first-order chi connectivity index (χ1) is 19.9. The Kier molecular flexibility index (Phi) is 9.02. The highest BCUT2D eigenvalue weighted by Gasteiger charge is 2.48. The monoisotopic (exact) mass is 609 g/mol. The number of carbonyl (C=O) groups excluding carboxylic acids is 2. The molecular formula is C30H25ClFN3O4S2. The molecule has 1 saturated heterocycles. The van der Waals surface area contributed by atoms with Crippen LogP contribution in [0.3, 0.4) is 0 Å². The molecular weight excluding hydrogens is 585 g/mol. The van der Waals surface area contributed by atoms with Gasteiger partial charge in [0.05, 0.1) is 18.2 Å². The van der Waals surface area contributed by atoms with Crippen molar-refractivity contribution in [1.82, 2.24) is 10.2 Å². The number of benzene rings is 3. The van der Waals surface area contributed by atoms with E-state index in [9.17, 15) is 19.1 Å². The average Bonchev–Trinajstić information content (AvgIpc) is 3.55. The molecule has 0 spiro atoms. The minimum atomic E-state index is -0.948. The summed E-state index contributed by atoms with van der Waals surface area (Å²) in [5.74, 6) is -1.11. The van der Waals surface area contributed by atoms with Crippen molar-refractivity contribution in [2.75, 3.05) is 11.5 Å². The topological polar surface area (TPSA) is 92.6 Å². The van der Waals surface area contributed by atoms with Gasteiger partial charge in [0.15, 0.2) is 4.34 Å². The second-order valence-corrected chi connectivity index (χ2v) is 11.8. The maximum atomic E-state index is 13.4. The van der Waals surface area contributed by atoms with Gasteiger partial charge < -0.3 is 9.84 Å². The lowest BCUT2D eigenvalue weighted by molar-refractivity contribution is -0.132. The third kappa shape index (κ3) is 6.45. The minimum absolute atomic E-state index is 0.0623. The number of anilines is 1. The summed E-state index contributed by atoms with van der Waals surface area (Å²) in [5.41, 5.74) is 1.78. The van der Waals surface area contributed by atoms with E-state index in [1.54, 1.807) is 60.7 Å². The van der Waals surface area contributed by atoms with E-state index in [2.05, 4.69) is 17.1 Å². The smallest absolute Gasteiger partial charge is 0.301 e. The molecule has 0 bridgehead atoms. The lowest BCUT2D eigenvalue weighted by Crippen LogP contribution is -2.29. The van der Waals surface area contributed by atoms with Crippen LogP contribution in [0.2, 0.25) is 5.02 Å². The number of unbranched alkanes of at least 4 members (excludes halogenated alkanes) is 1. The number of ether oxygens (including phenoxy) is 1. The first-order valence-electron chi connectivity index (χ1n) is 12.9. The molecule has 1 aromatic heterocycles. The number of hydrogen-bond acceptors (Lipinski definition) is 8. The zero-order valence-corrected chi connectivity index (χ0v) is 24.3. The van der Waals surface area contributed by atoms with Gasteiger partial charge in [-0.1, -0.05) is 72.3 Å². The Hall–Kier alpha value is -3.73. The van der Waals surface area contributed by atoms with Crippen LogP contribution in [0.5, 0.6) is 5.75 Å². The number of rotatable bonds is 10. The largest absolute Gasteiger partial charge is 0.507 e. The highest BCUT2D eigenvalue weighted by molar-refractivity contribution is 8.00. The van der Waals surface area contributed by atoms with E-state index >= 15 is 0 Å². The lowest BCUT2D eigenvalue weighted by atomic mass is 9.95. The maximum Gasteiger partial charge on any atom is 0.301 e. The molecule has 0 aliphatic carbocycles. The molecule has 7 nitrogen and oxygen atoms in total. The fraction of sp³-hybridized carbons (Fsp3) is 0.200. The molecule has 11 heteroatoms. The van der Waals surface area contributed by atoms with Gasteiger partial charge in [0.1, 0.15) is 17.3 Å². The molecule has 1 fully saturated rings. The van der Waals surface area contributed by atoms with Gasteiger partial charge in [-0.15, -0.1) is 10.2 Å². The van der Waals surface area contributed by atoms with Crippen LogP contribution in [0.4, 0.5) is 9.52 Å². The summed E-state index contributed by atoms with van der Waals surface area (Å²) in [7, 11) is 0. The standard InChI is InChI=1S/C30H25ClFN3O4S2/c1-2-3-16-39-23-14-8-20(9-15-23)26(36)24-25(19-6-10-21(31)11-7-19)35(28(38)27(24)37)29-33-34-30(41-29)40-17-18-4-12-22(32)13-5-18/h4-15,25,36H,2-3,16-17H2,1H3/b26-24+. The minimum Gasteiger partial charge on any atom is -0.507 e. The lowest BCUT2D eigenvalue weighted by Gasteiger charge is -2.22. The van der Waals surface area contributed by atoms with E-state index in [-0.39, 0.29) is 22.3 Å². The molecule has 1 unspecified atom stereocenters. The molecule has 1 amide bonds. The van der Waals surface area contributed by atoms with E-state index in [4.69, 9.17) is 16.3 Å². The Bertz CT molecular complexity index is 1570. The van der Waals surface area contributed by atoms with Crippen LogP contribution in [0, 0.1) is 5.82 Å². The first kappa shape index (κ1) is 28.8. The Morgan fingerprint density at radius 2 is 1.76 bits per heavy atom. The summed E-state index contributed by atoms with van der Waals surface area (Å²) >= 11 is 8.65. The normalized spacial score (nSPS) is 16.4. The van der Waals surface area contributed by atoms with E-state index in [1.807, 2.05) is 0 Å². The van der Waals surface area contributed by atoms with E-state index < -0.39 is 17.7 Å². The molecule has 1 N–H and O–H groups in total. The molecule has 210 valence electrons. The van der Waals surface area contributed by atoms with Crippen LogP contribution in [-0.2, 0) is 15.3 Å². The number of amides is 1. The number of nitrogens with zero attached hydrogens (tertiary/aromatic N) is 3. The van der Waals surface area contributed by atoms with Gasteiger partial charge in [0, 0.05) is 16.3 Å². The summed E-state index contributed by atoms with van der Waals surface area (Å²) in [4.78, 5) is 28.1. The quantitative estimate of drug-likeness (QED) is 0.0499. The van der Waals surface area contributed by atoms with Gasteiger partial charge in [0.25, 0.3) is 5.78 Å². The van der Waals surface area contributed by atoms with Crippen LogP contribution < -0.4 is 9.64 Å². The van der Waals surface area contributed by atoms with Crippen molar-refractivity contribution in [2.24, 2.45) is 0 Å². The number of aliphatic hydroxyl groups is 1. The maximum absolute atomic E-state index is 13.4. The van der Waals surface area contributed by atoms with Gasteiger partial charge in [0.2, 0.25) is 5.13 Å². The van der Waals surface area contributed by atoms with Gasteiger partial charge in [-0.3, -0.25) is 14.5 Å². The predicted octanol–water partition coefficient (Wildman–Crippen LogP) is 7.43. The number of Topliss-reactive ketones (excluding diaryl/α,β-unsaturated/α-hetero) is 1. The van der Waals surface area contributed by atoms with Gasteiger partial charge in [-0.25, -0.2) is 4.39 Å². The highest BCUT2D eigenvalue weighted by Crippen LogP contribution is 2.44. The van der Waals surface area contributed by atoms with Gasteiger partial charge in [-0.05, 0) is 66.1 Å². The Morgan fingerprint density at radius 3 is 2.44 bits per heavy atom. The zero-order valence-electron chi connectivity index (χ0n) is 21.9. The molecule has 0 saturated carbocycles. The van der Waals surface area contributed by atoms with Crippen LogP contribution in [0.1, 0.15) is 42.5 Å². The van der Waals surface area contributed by atoms with Crippen molar-refractivity contribution in [3.63, 3.8) is 0 Å². The van der Waals surface area contributed by atoms with Crippen molar-refractivity contribution >= 4 is 57.3 Å². The second kappa shape index (κ2) is 12.8. The van der Waals surface area contributed by atoms with Crippen molar-refractivity contribution in [3.8, 4) is 5.75 Å². The third-order valence-corrected chi connectivity index (χ3v) is 8.78. The molecule has 1 aliphatic rings. The molecule has 1 atom stereocenters. The summed E-state index contributed by atoms with van der Waals surface area (Å²) in [5, 5.41) is 20.5. The number of thioether (sulfide) groups is 1. The van der Waals surface area contributed by atoms with Crippen molar-refractivity contribution in [3.05, 3.63) is 106 Å². The van der Waals surface area contributed by atoms with Crippen LogP contribution in [0.25, 0.3) is 5.76 Å². The molecule has 5 rings (SSSR count). The van der Waals surface area contributed by atoms with E-state index in [1.165, 1.54) is 28.8 Å². The summed E-state index contributed by atoms with van der Waals surface area (Å²) in [6.45, 7) is 2.65. The first-order valence-corrected chi connectivity index (χ1v) is 15.0. The van der Waals surface area contributed by atoms with Crippen LogP contribution in [-0.4, -0.2) is 33.6 Å². The molecule has 41 heavy (non-hydrogen) atoms. The van der Waals surface area contributed by atoms with Crippen LogP contribution in [0.15, 0.2) is 82.7 Å². The predicted molar refractivity (Wildman–Crippen MR) is 159 cm³/mol. The molecule has 4 aromatic rings. The third-order valence-electron chi connectivity index (χ3n) is 6.40. The molecule has 2 heterocycles. The summed E-state index contributed by atoms with van der Waals surface area (Å²) < 4.78 is 19.5. The molecule has 1 aliphatic heterocycles. The highest BCUT2D eigenvalue weighted by atomic mass is 35.5. The van der Waals surface area contributed by atoms with Crippen molar-refractivity contribution < 1.29 is 23.8 Å². The number of aliphatic hydroxyl groups excluding tert-OH is 1. The number of aromatic nitrogens is 2. The van der Waals surface area contributed by atoms with Gasteiger partial charge >= 0.3 is 5.91 Å². The van der Waals surface area contributed by atoms with E-state index in [0.717, 1.165) is 29.7 Å². The van der Waals surface area contributed by atoms with Gasteiger partial charge in [-0.2, -0.15) is 0 Å². The Morgan fingerprint density at radius 1 is 1.05 bits per heavy atom.